The molecule has 40 heavy (non-hydrogen) atoms. The van der Waals surface area contributed by atoms with Crippen LogP contribution in [0.25, 0.3) is 20.8 Å². The molecular weight excluding hydrogens is 533 g/mol. The first-order chi connectivity index (χ1) is 19.3. The molecule has 0 aliphatic heterocycles. The highest BCUT2D eigenvalue weighted by molar-refractivity contribution is 7.22. The average Bonchev–Trinajstić information content (AvgIpc) is 3.47. The molecule has 9 nitrogen and oxygen atoms in total. The summed E-state index contributed by atoms with van der Waals surface area (Å²) < 4.78 is 28.8. The summed E-state index contributed by atoms with van der Waals surface area (Å²) in [6.45, 7) is 0. The first-order valence-electron chi connectivity index (χ1n) is 12.5. The number of ether oxygens (including phenoxy) is 2. The molecule has 2 aromatic carbocycles. The van der Waals surface area contributed by atoms with E-state index in [-0.39, 0.29) is 11.4 Å². The van der Waals surface area contributed by atoms with Gasteiger partial charge in [-0.3, -0.25) is 14.6 Å². The standard InChI is InChI=1S/C29H24FN5O4S/c1-35-15-22(32-16-35)25-14-21-26(40-25)24(9-12-31-21)39-23-8-5-18(13-20(23)30)34-28(37)29(10-11-29)27(36)33-17-3-6-19(38-2)7-4-17/h3-9,12-16H,10-11H2,1-2H3,(H,33,36)(H,34,37). The molecule has 1 saturated carbocycles. The third kappa shape index (κ3) is 4.87. The van der Waals surface area contributed by atoms with Crippen molar-refractivity contribution < 1.29 is 23.5 Å². The number of halogens is 1. The normalized spacial score (nSPS) is 13.6. The Morgan fingerprint density at radius 3 is 2.35 bits per heavy atom. The minimum atomic E-state index is -1.20. The van der Waals surface area contributed by atoms with E-state index in [0.717, 1.165) is 20.8 Å². The molecule has 0 radical (unpaired) electrons. The van der Waals surface area contributed by atoms with Crippen LogP contribution in [0.4, 0.5) is 15.8 Å². The van der Waals surface area contributed by atoms with Crippen LogP contribution in [0.5, 0.6) is 17.2 Å². The first kappa shape index (κ1) is 25.5. The number of nitrogens with one attached hydrogen (secondary N) is 2. The minimum absolute atomic E-state index is 0.00308. The second kappa shape index (κ2) is 10.1. The number of amides is 2. The second-order valence-corrected chi connectivity index (χ2v) is 10.6. The number of hydrogen-bond donors (Lipinski definition) is 2. The lowest BCUT2D eigenvalue weighted by Crippen LogP contribution is -2.35. The number of fused-ring (bicyclic) bond motifs is 1. The Hall–Kier alpha value is -4.77. The molecule has 202 valence electrons. The number of carbonyl (C=O) groups excluding carboxylic acids is 2. The molecular formula is C29H24FN5O4S. The zero-order chi connectivity index (χ0) is 27.9. The molecule has 0 saturated heterocycles. The SMILES string of the molecule is COc1ccc(NC(=O)C2(C(=O)Nc3ccc(Oc4ccnc5cc(-c6cn(C)cn6)sc45)c(F)c3)CC2)cc1. The van der Waals surface area contributed by atoms with E-state index in [9.17, 15) is 9.59 Å². The van der Waals surface area contributed by atoms with Crippen molar-refractivity contribution >= 4 is 44.7 Å². The molecule has 6 rings (SSSR count). The van der Waals surface area contributed by atoms with Gasteiger partial charge in [-0.05, 0) is 55.3 Å². The van der Waals surface area contributed by atoms with Gasteiger partial charge in [-0.2, -0.15) is 0 Å². The van der Waals surface area contributed by atoms with Gasteiger partial charge in [0.2, 0.25) is 11.8 Å². The second-order valence-electron chi connectivity index (χ2n) is 9.52. The van der Waals surface area contributed by atoms with Crippen LogP contribution >= 0.6 is 11.3 Å². The number of pyridine rings is 1. The Morgan fingerprint density at radius 1 is 0.975 bits per heavy atom. The minimum Gasteiger partial charge on any atom is -0.497 e. The molecule has 1 aliphatic rings. The third-order valence-corrected chi connectivity index (χ3v) is 7.87. The van der Waals surface area contributed by atoms with E-state index in [1.807, 2.05) is 23.9 Å². The molecule has 1 fully saturated rings. The number of rotatable bonds is 8. The maximum absolute atomic E-state index is 15.1. The molecule has 0 atom stereocenters. The summed E-state index contributed by atoms with van der Waals surface area (Å²) in [5.74, 6) is -0.431. The monoisotopic (exact) mass is 557 g/mol. The van der Waals surface area contributed by atoms with Gasteiger partial charge in [-0.25, -0.2) is 9.37 Å². The summed E-state index contributed by atoms with van der Waals surface area (Å²) in [4.78, 5) is 35.6. The van der Waals surface area contributed by atoms with Crippen molar-refractivity contribution in [3.05, 3.63) is 79.1 Å². The van der Waals surface area contributed by atoms with Gasteiger partial charge >= 0.3 is 0 Å². The molecule has 2 N–H and O–H groups in total. The van der Waals surface area contributed by atoms with Crippen LogP contribution in [-0.4, -0.2) is 33.5 Å². The van der Waals surface area contributed by atoms with Gasteiger partial charge in [0, 0.05) is 42.9 Å². The number of aryl methyl sites for hydroxylation is 1. The highest BCUT2D eigenvalue weighted by Crippen LogP contribution is 2.48. The van der Waals surface area contributed by atoms with Crippen LogP contribution in [0.2, 0.25) is 0 Å². The summed E-state index contributed by atoms with van der Waals surface area (Å²) in [5, 5.41) is 5.46. The van der Waals surface area contributed by atoms with Gasteiger partial charge in [0.05, 0.1) is 34.2 Å². The topological polar surface area (TPSA) is 107 Å². The Bertz CT molecular complexity index is 1740. The van der Waals surface area contributed by atoms with Gasteiger partial charge in [-0.1, -0.05) is 0 Å². The maximum atomic E-state index is 15.1. The van der Waals surface area contributed by atoms with Gasteiger partial charge in [0.1, 0.15) is 16.9 Å². The number of anilines is 2. The number of benzene rings is 2. The van der Waals surface area contributed by atoms with E-state index >= 15 is 4.39 Å². The van der Waals surface area contributed by atoms with Crippen molar-refractivity contribution in [3.63, 3.8) is 0 Å². The van der Waals surface area contributed by atoms with E-state index in [4.69, 9.17) is 9.47 Å². The molecule has 0 spiro atoms. The Balaban J connectivity index is 1.15. The van der Waals surface area contributed by atoms with Crippen LogP contribution in [0.15, 0.2) is 73.3 Å². The van der Waals surface area contributed by atoms with Gasteiger partial charge in [0.15, 0.2) is 11.6 Å². The maximum Gasteiger partial charge on any atom is 0.240 e. The number of imidazole rings is 1. The number of hydrogen-bond acceptors (Lipinski definition) is 7. The van der Waals surface area contributed by atoms with Crippen LogP contribution < -0.4 is 20.1 Å². The number of aromatic nitrogens is 3. The molecule has 5 aromatic rings. The lowest BCUT2D eigenvalue weighted by atomic mass is 10.0. The predicted octanol–water partition coefficient (Wildman–Crippen LogP) is 5.99. The number of nitrogens with zero attached hydrogens (tertiary/aromatic N) is 3. The fraction of sp³-hybridized carbons (Fsp3) is 0.172. The zero-order valence-electron chi connectivity index (χ0n) is 21.6. The lowest BCUT2D eigenvalue weighted by molar-refractivity contribution is -0.131. The quantitative estimate of drug-likeness (QED) is 0.227. The highest BCUT2D eigenvalue weighted by atomic mass is 32.1. The summed E-state index contributed by atoms with van der Waals surface area (Å²) in [5.41, 5.74) is 1.12. The Labute approximate surface area is 232 Å². The van der Waals surface area contributed by atoms with E-state index in [1.54, 1.807) is 56.0 Å². The smallest absolute Gasteiger partial charge is 0.240 e. The van der Waals surface area contributed by atoms with E-state index in [1.165, 1.54) is 23.5 Å². The van der Waals surface area contributed by atoms with Gasteiger partial charge < -0.3 is 24.7 Å². The number of methoxy groups -OCH3 is 1. The first-order valence-corrected chi connectivity index (χ1v) is 13.3. The van der Waals surface area contributed by atoms with Crippen molar-refractivity contribution in [2.24, 2.45) is 12.5 Å². The van der Waals surface area contributed by atoms with Crippen LogP contribution in [0.3, 0.4) is 0 Å². The fourth-order valence-corrected chi connectivity index (χ4v) is 5.33. The highest BCUT2D eigenvalue weighted by Gasteiger charge is 2.56. The average molecular weight is 558 g/mol. The summed E-state index contributed by atoms with van der Waals surface area (Å²) in [6, 6.07) is 14.6. The Kier molecular flexibility index (Phi) is 6.43. The summed E-state index contributed by atoms with van der Waals surface area (Å²) >= 11 is 1.45. The van der Waals surface area contributed by atoms with E-state index in [2.05, 4.69) is 20.6 Å². The molecule has 0 unspecified atom stereocenters. The van der Waals surface area contributed by atoms with Crippen molar-refractivity contribution in [1.29, 1.82) is 0 Å². The molecule has 0 bridgehead atoms. The molecule has 1 aliphatic carbocycles. The molecule has 3 heterocycles. The van der Waals surface area contributed by atoms with Crippen molar-refractivity contribution in [2.45, 2.75) is 12.8 Å². The number of carbonyl (C=O) groups is 2. The van der Waals surface area contributed by atoms with Gasteiger partial charge in [-0.15, -0.1) is 11.3 Å². The summed E-state index contributed by atoms with van der Waals surface area (Å²) in [7, 11) is 3.45. The third-order valence-electron chi connectivity index (χ3n) is 6.71. The lowest BCUT2D eigenvalue weighted by Gasteiger charge is -2.16. The fourth-order valence-electron chi connectivity index (χ4n) is 4.30. The number of thiophene rings is 1. The van der Waals surface area contributed by atoms with Crippen molar-refractivity contribution in [2.75, 3.05) is 17.7 Å². The zero-order valence-corrected chi connectivity index (χ0v) is 22.4. The predicted molar refractivity (Wildman–Crippen MR) is 150 cm³/mol. The molecule has 2 amide bonds. The van der Waals surface area contributed by atoms with E-state index < -0.39 is 23.0 Å². The van der Waals surface area contributed by atoms with E-state index in [0.29, 0.717) is 30.0 Å². The largest absolute Gasteiger partial charge is 0.497 e. The van der Waals surface area contributed by atoms with Crippen LogP contribution in [0.1, 0.15) is 12.8 Å². The Morgan fingerprint density at radius 2 is 1.70 bits per heavy atom. The molecule has 11 heteroatoms. The van der Waals surface area contributed by atoms with Gasteiger partial charge in [0.25, 0.3) is 0 Å². The van der Waals surface area contributed by atoms with Crippen LogP contribution in [0, 0.1) is 11.2 Å². The van der Waals surface area contributed by atoms with Crippen molar-refractivity contribution in [1.82, 2.24) is 14.5 Å². The molecule has 3 aromatic heterocycles. The van der Waals surface area contributed by atoms with Crippen molar-refractivity contribution in [3.8, 4) is 27.8 Å². The van der Waals surface area contributed by atoms with Crippen LogP contribution in [-0.2, 0) is 16.6 Å². The summed E-state index contributed by atoms with van der Waals surface area (Å²) in [6.07, 6.45) is 6.05.